The van der Waals surface area contributed by atoms with Crippen LogP contribution in [0.1, 0.15) is 17.0 Å². The molecule has 1 aromatic heterocycles. The normalized spacial score (nSPS) is 14.8. The highest BCUT2D eigenvalue weighted by Gasteiger charge is 2.22. The predicted octanol–water partition coefficient (Wildman–Crippen LogP) is 2.55. The van der Waals surface area contributed by atoms with E-state index in [0.717, 1.165) is 35.3 Å². The molecule has 2 heterocycles. The molecule has 0 aliphatic carbocycles. The van der Waals surface area contributed by atoms with E-state index >= 15 is 0 Å². The van der Waals surface area contributed by atoms with Gasteiger partial charge in [0.15, 0.2) is 6.61 Å². The number of piperazine rings is 1. The predicted molar refractivity (Wildman–Crippen MR) is 117 cm³/mol. The zero-order chi connectivity index (χ0) is 21.1. The first-order valence-electron chi connectivity index (χ1n) is 10.2. The average molecular weight is 406 g/mol. The van der Waals surface area contributed by atoms with Crippen molar-refractivity contribution in [3.63, 3.8) is 0 Å². The molecule has 0 spiro atoms. The fourth-order valence-electron chi connectivity index (χ4n) is 3.77. The number of nitrogen functional groups attached to an aromatic ring is 1. The summed E-state index contributed by atoms with van der Waals surface area (Å²) in [4.78, 5) is 25.7. The van der Waals surface area contributed by atoms with Crippen LogP contribution in [0.3, 0.4) is 0 Å². The van der Waals surface area contributed by atoms with Gasteiger partial charge >= 0.3 is 0 Å². The first-order chi connectivity index (χ1) is 14.5. The van der Waals surface area contributed by atoms with Crippen LogP contribution in [0.4, 0.5) is 5.82 Å². The minimum absolute atomic E-state index is 0.0147. The second kappa shape index (κ2) is 8.67. The van der Waals surface area contributed by atoms with Crippen LogP contribution in [0.2, 0.25) is 0 Å². The van der Waals surface area contributed by atoms with Gasteiger partial charge in [0.2, 0.25) is 0 Å². The van der Waals surface area contributed by atoms with E-state index in [0.29, 0.717) is 31.3 Å². The Balaban J connectivity index is 1.30. The summed E-state index contributed by atoms with van der Waals surface area (Å²) < 4.78 is 5.74. The molecule has 0 atom stereocenters. The first kappa shape index (κ1) is 20.1. The molecule has 156 valence electrons. The molecule has 7 heteroatoms. The number of ether oxygens (including phenoxy) is 1. The van der Waals surface area contributed by atoms with Gasteiger partial charge in [-0.25, -0.2) is 9.97 Å². The van der Waals surface area contributed by atoms with Gasteiger partial charge in [0.05, 0.1) is 12.1 Å². The Hall–Kier alpha value is -3.19. The molecule has 2 aromatic carbocycles. The van der Waals surface area contributed by atoms with E-state index < -0.39 is 0 Å². The Bertz CT molecular complexity index is 1060. The minimum Gasteiger partial charge on any atom is -0.484 e. The lowest BCUT2D eigenvalue weighted by molar-refractivity contribution is -0.135. The third kappa shape index (κ3) is 4.52. The minimum atomic E-state index is 0.0147. The molecule has 30 heavy (non-hydrogen) atoms. The molecule has 0 saturated carbocycles. The molecule has 1 aliphatic heterocycles. The molecule has 7 nitrogen and oxygen atoms in total. The fraction of sp³-hybridized carbons (Fsp3) is 0.348. The van der Waals surface area contributed by atoms with Crippen molar-refractivity contribution in [3.05, 3.63) is 59.4 Å². The Morgan fingerprint density at radius 1 is 1.07 bits per heavy atom. The van der Waals surface area contributed by atoms with Crippen molar-refractivity contribution in [1.29, 1.82) is 0 Å². The average Bonchev–Trinajstić information content (AvgIpc) is 2.73. The third-order valence-electron chi connectivity index (χ3n) is 5.45. The molecule has 3 aromatic rings. The number of nitrogens with zero attached hydrogens (tertiary/aromatic N) is 4. The van der Waals surface area contributed by atoms with E-state index in [2.05, 4.69) is 20.9 Å². The Morgan fingerprint density at radius 2 is 1.83 bits per heavy atom. The van der Waals surface area contributed by atoms with Gasteiger partial charge in [-0.3, -0.25) is 9.69 Å². The number of nitrogens with two attached hydrogens (primary N) is 1. The van der Waals surface area contributed by atoms with Crippen molar-refractivity contribution in [3.8, 4) is 5.75 Å². The number of fused-ring (bicyclic) bond motifs is 1. The van der Waals surface area contributed by atoms with E-state index in [4.69, 9.17) is 10.5 Å². The number of anilines is 1. The van der Waals surface area contributed by atoms with Crippen LogP contribution in [0, 0.1) is 13.8 Å². The molecular formula is C23H27N5O2. The monoisotopic (exact) mass is 405 g/mol. The van der Waals surface area contributed by atoms with Crippen LogP contribution < -0.4 is 10.5 Å². The molecule has 2 N–H and O–H groups in total. The highest BCUT2D eigenvalue weighted by molar-refractivity contribution is 5.87. The van der Waals surface area contributed by atoms with Crippen molar-refractivity contribution in [2.45, 2.75) is 20.4 Å². The van der Waals surface area contributed by atoms with E-state index in [1.807, 2.05) is 55.1 Å². The molecule has 0 bridgehead atoms. The topological polar surface area (TPSA) is 84.6 Å². The number of rotatable bonds is 5. The number of para-hydroxylation sites is 1. The SMILES string of the molecule is Cc1ccc(OCC(=O)N2CCN(Cc3nc(N)c4ccccc4n3)CC2)c(C)c1. The van der Waals surface area contributed by atoms with E-state index in [9.17, 15) is 4.79 Å². The Labute approximate surface area is 176 Å². The largest absolute Gasteiger partial charge is 0.484 e. The third-order valence-corrected chi connectivity index (χ3v) is 5.45. The molecule has 1 amide bonds. The van der Waals surface area contributed by atoms with Crippen LogP contribution in [0.5, 0.6) is 5.75 Å². The lowest BCUT2D eigenvalue weighted by Gasteiger charge is -2.34. The van der Waals surface area contributed by atoms with Crippen LogP contribution in [0.25, 0.3) is 10.9 Å². The summed E-state index contributed by atoms with van der Waals surface area (Å²) in [7, 11) is 0. The highest BCUT2D eigenvalue weighted by Crippen LogP contribution is 2.20. The Kier molecular flexibility index (Phi) is 5.81. The molecule has 1 aliphatic rings. The maximum absolute atomic E-state index is 12.5. The highest BCUT2D eigenvalue weighted by atomic mass is 16.5. The number of amides is 1. The van der Waals surface area contributed by atoms with Gasteiger partial charge in [-0.05, 0) is 37.6 Å². The summed E-state index contributed by atoms with van der Waals surface area (Å²) in [5.74, 6) is 2.00. The van der Waals surface area contributed by atoms with Crippen LogP contribution in [-0.4, -0.2) is 58.5 Å². The van der Waals surface area contributed by atoms with Crippen LogP contribution >= 0.6 is 0 Å². The van der Waals surface area contributed by atoms with Crippen molar-refractivity contribution in [2.24, 2.45) is 0 Å². The zero-order valence-corrected chi connectivity index (χ0v) is 17.5. The van der Waals surface area contributed by atoms with Gasteiger partial charge in [-0.1, -0.05) is 29.8 Å². The maximum Gasteiger partial charge on any atom is 0.260 e. The summed E-state index contributed by atoms with van der Waals surface area (Å²) in [5, 5.41) is 0.875. The molecule has 4 rings (SSSR count). The molecule has 0 radical (unpaired) electrons. The number of carbonyl (C=O) groups excluding carboxylic acids is 1. The summed E-state index contributed by atoms with van der Waals surface area (Å²) in [6.45, 7) is 7.59. The number of carbonyl (C=O) groups is 1. The molecule has 1 fully saturated rings. The number of hydrogen-bond donors (Lipinski definition) is 1. The first-order valence-corrected chi connectivity index (χ1v) is 10.2. The lowest BCUT2D eigenvalue weighted by Crippen LogP contribution is -2.49. The standard InChI is InChI=1S/C23H27N5O2/c1-16-7-8-20(17(2)13-16)30-15-22(29)28-11-9-27(10-12-28)14-21-25-19-6-4-3-5-18(19)23(24)26-21/h3-8,13H,9-12,14-15H2,1-2H3,(H2,24,25,26). The number of benzene rings is 2. The van der Waals surface area contributed by atoms with Crippen molar-refractivity contribution in [1.82, 2.24) is 19.8 Å². The maximum atomic E-state index is 12.5. The van der Waals surface area contributed by atoms with E-state index in [1.54, 1.807) is 0 Å². The fourth-order valence-corrected chi connectivity index (χ4v) is 3.77. The summed E-state index contributed by atoms with van der Waals surface area (Å²) >= 11 is 0. The smallest absolute Gasteiger partial charge is 0.260 e. The van der Waals surface area contributed by atoms with Gasteiger partial charge in [-0.2, -0.15) is 0 Å². The second-order valence-corrected chi connectivity index (χ2v) is 7.76. The molecule has 1 saturated heterocycles. The van der Waals surface area contributed by atoms with Gasteiger partial charge in [0.25, 0.3) is 5.91 Å². The van der Waals surface area contributed by atoms with E-state index in [1.165, 1.54) is 5.56 Å². The van der Waals surface area contributed by atoms with Gasteiger partial charge in [0, 0.05) is 31.6 Å². The zero-order valence-electron chi connectivity index (χ0n) is 17.5. The van der Waals surface area contributed by atoms with Crippen molar-refractivity contribution < 1.29 is 9.53 Å². The summed E-state index contributed by atoms with van der Waals surface area (Å²) in [5.41, 5.74) is 9.17. The second-order valence-electron chi connectivity index (χ2n) is 7.76. The van der Waals surface area contributed by atoms with Gasteiger partial charge in [0.1, 0.15) is 17.4 Å². The van der Waals surface area contributed by atoms with Crippen LogP contribution in [0.15, 0.2) is 42.5 Å². The molecular weight excluding hydrogens is 378 g/mol. The van der Waals surface area contributed by atoms with E-state index in [-0.39, 0.29) is 12.5 Å². The number of hydrogen-bond acceptors (Lipinski definition) is 6. The Morgan fingerprint density at radius 3 is 2.60 bits per heavy atom. The number of aryl methyl sites for hydroxylation is 2. The van der Waals surface area contributed by atoms with Gasteiger partial charge < -0.3 is 15.4 Å². The summed E-state index contributed by atoms with van der Waals surface area (Å²) in [6, 6.07) is 13.7. The van der Waals surface area contributed by atoms with Crippen LogP contribution in [-0.2, 0) is 11.3 Å². The van der Waals surface area contributed by atoms with Crippen molar-refractivity contribution in [2.75, 3.05) is 38.5 Å². The van der Waals surface area contributed by atoms with Crippen molar-refractivity contribution >= 4 is 22.6 Å². The molecule has 0 unspecified atom stereocenters. The lowest BCUT2D eigenvalue weighted by atomic mass is 10.1. The number of aromatic nitrogens is 2. The van der Waals surface area contributed by atoms with Gasteiger partial charge in [-0.15, -0.1) is 0 Å². The quantitative estimate of drug-likeness (QED) is 0.702. The summed E-state index contributed by atoms with van der Waals surface area (Å²) in [6.07, 6.45) is 0.